The third kappa shape index (κ3) is 5.08. The molecule has 0 bridgehead atoms. The van der Waals surface area contributed by atoms with E-state index in [4.69, 9.17) is 14.7 Å². The number of nitrogens with zero attached hydrogens (tertiary/aromatic N) is 3. The number of esters is 1. The lowest BCUT2D eigenvalue weighted by atomic mass is 10.0. The number of fused-ring (bicyclic) bond motifs is 1. The van der Waals surface area contributed by atoms with E-state index < -0.39 is 12.1 Å². The Hall–Kier alpha value is -4.42. The lowest BCUT2D eigenvalue weighted by Gasteiger charge is -2.19. The number of amides is 1. The van der Waals surface area contributed by atoms with Crippen LogP contribution >= 0.6 is 0 Å². The number of benzene rings is 2. The summed E-state index contributed by atoms with van der Waals surface area (Å²) >= 11 is 0. The van der Waals surface area contributed by atoms with Crippen LogP contribution in [0, 0.1) is 11.3 Å². The van der Waals surface area contributed by atoms with Crippen molar-refractivity contribution in [1.82, 2.24) is 10.3 Å². The number of ether oxygens (including phenoxy) is 2. The fourth-order valence-electron chi connectivity index (χ4n) is 4.09. The molecular formula is C26H23N5O4. The van der Waals surface area contributed by atoms with Crippen molar-refractivity contribution in [3.8, 4) is 23.1 Å². The van der Waals surface area contributed by atoms with E-state index in [0.29, 0.717) is 43.1 Å². The van der Waals surface area contributed by atoms with Gasteiger partial charge in [0.1, 0.15) is 18.5 Å². The number of rotatable bonds is 7. The predicted molar refractivity (Wildman–Crippen MR) is 129 cm³/mol. The maximum absolute atomic E-state index is 12.4. The zero-order valence-electron chi connectivity index (χ0n) is 18.9. The van der Waals surface area contributed by atoms with Gasteiger partial charge in [0.15, 0.2) is 0 Å². The Bertz CT molecular complexity index is 1320. The van der Waals surface area contributed by atoms with Crippen molar-refractivity contribution in [3.63, 3.8) is 0 Å². The van der Waals surface area contributed by atoms with Gasteiger partial charge in [-0.25, -0.2) is 9.59 Å². The molecule has 3 heterocycles. The molecule has 5 rings (SSSR count). The molecule has 0 aliphatic carbocycles. The van der Waals surface area contributed by atoms with Crippen LogP contribution in [0.2, 0.25) is 0 Å². The van der Waals surface area contributed by atoms with Crippen molar-refractivity contribution in [1.29, 1.82) is 5.26 Å². The summed E-state index contributed by atoms with van der Waals surface area (Å²) in [4.78, 5) is 29.6. The fraction of sp³-hybridized carbons (Fsp3) is 0.231. The number of nitrogens with one attached hydrogen (secondary N) is 2. The number of pyridine rings is 1. The monoisotopic (exact) mass is 469 g/mol. The first-order chi connectivity index (χ1) is 17.1. The van der Waals surface area contributed by atoms with Crippen molar-refractivity contribution in [2.45, 2.75) is 19.1 Å². The third-order valence-corrected chi connectivity index (χ3v) is 5.85. The molecule has 1 atom stereocenters. The Balaban J connectivity index is 1.14. The lowest BCUT2D eigenvalue weighted by molar-refractivity contribution is -0.133. The Morgan fingerprint density at radius 1 is 1.11 bits per heavy atom. The number of anilines is 2. The van der Waals surface area contributed by atoms with Crippen LogP contribution in [0.25, 0.3) is 11.1 Å². The molecule has 2 N–H and O–H groups in total. The first-order valence-corrected chi connectivity index (χ1v) is 11.3. The second kappa shape index (κ2) is 9.83. The van der Waals surface area contributed by atoms with Gasteiger partial charge >= 0.3 is 12.1 Å². The Morgan fingerprint density at radius 2 is 1.94 bits per heavy atom. The molecule has 2 aliphatic rings. The molecule has 2 aromatic carbocycles. The molecule has 2 aliphatic heterocycles. The van der Waals surface area contributed by atoms with Gasteiger partial charge in [-0.2, -0.15) is 10.2 Å². The Labute approximate surface area is 202 Å². The summed E-state index contributed by atoms with van der Waals surface area (Å²) in [5.41, 5.74) is 4.43. The highest BCUT2D eigenvalue weighted by Gasteiger charge is 2.33. The predicted octanol–water partition coefficient (Wildman–Crippen LogP) is 3.46. The molecule has 9 heteroatoms. The summed E-state index contributed by atoms with van der Waals surface area (Å²) < 4.78 is 10.7. The second-order valence-corrected chi connectivity index (χ2v) is 8.32. The molecule has 1 fully saturated rings. The van der Waals surface area contributed by atoms with Gasteiger partial charge < -0.3 is 20.1 Å². The number of carbonyl (C=O) groups is 2. The molecule has 1 saturated heterocycles. The van der Waals surface area contributed by atoms with Crippen molar-refractivity contribution in [3.05, 3.63) is 71.8 Å². The van der Waals surface area contributed by atoms with Crippen LogP contribution in [0.4, 0.5) is 16.3 Å². The van der Waals surface area contributed by atoms with Crippen LogP contribution < -0.4 is 20.3 Å². The largest absolute Gasteiger partial charge is 0.444 e. The molecule has 35 heavy (non-hydrogen) atoms. The van der Waals surface area contributed by atoms with Gasteiger partial charge in [0.2, 0.25) is 5.88 Å². The van der Waals surface area contributed by atoms with E-state index in [1.54, 1.807) is 18.2 Å². The highest BCUT2D eigenvalue weighted by atomic mass is 16.6. The van der Waals surface area contributed by atoms with Gasteiger partial charge in [-0.1, -0.05) is 30.3 Å². The van der Waals surface area contributed by atoms with Crippen LogP contribution in [-0.2, 0) is 16.1 Å². The van der Waals surface area contributed by atoms with Crippen LogP contribution in [0.5, 0.6) is 5.88 Å². The summed E-state index contributed by atoms with van der Waals surface area (Å²) in [5.74, 6) is 0.132. The minimum absolute atomic E-state index is 0.0908. The van der Waals surface area contributed by atoms with Crippen LogP contribution in [-0.4, -0.2) is 42.8 Å². The lowest BCUT2D eigenvalue weighted by Crippen LogP contribution is -2.29. The Morgan fingerprint density at radius 3 is 2.80 bits per heavy atom. The number of nitriles is 1. The molecule has 0 spiro atoms. The summed E-state index contributed by atoms with van der Waals surface area (Å²) in [7, 11) is 0. The standard InChI is InChI=1S/C26H23N5O4/c27-13-17-3-1-5-19(11-17)20-6-2-4-18(12-20)14-28-10-9-21-16-31(26(33)34-21)23-8-7-22-25(30-23)35-24(32)15-29-22/h1-8,11-12,21,28-29H,9-10,14-16H2/t21-/m1/s1. The van der Waals surface area contributed by atoms with Crippen molar-refractivity contribution in [2.24, 2.45) is 0 Å². The van der Waals surface area contributed by atoms with Gasteiger partial charge in [-0.05, 0) is 60.0 Å². The van der Waals surface area contributed by atoms with E-state index >= 15 is 0 Å². The molecule has 0 radical (unpaired) electrons. The van der Waals surface area contributed by atoms with Crippen LogP contribution in [0.3, 0.4) is 0 Å². The topological polar surface area (TPSA) is 117 Å². The average molecular weight is 470 g/mol. The average Bonchev–Trinajstić information content (AvgIpc) is 3.26. The van der Waals surface area contributed by atoms with E-state index in [1.165, 1.54) is 4.90 Å². The normalized spacial score (nSPS) is 16.7. The minimum atomic E-state index is -0.468. The Kier molecular flexibility index (Phi) is 6.28. The maximum atomic E-state index is 12.4. The first kappa shape index (κ1) is 22.4. The summed E-state index contributed by atoms with van der Waals surface area (Å²) in [6.07, 6.45) is -0.0911. The third-order valence-electron chi connectivity index (χ3n) is 5.85. The maximum Gasteiger partial charge on any atom is 0.415 e. The van der Waals surface area contributed by atoms with Crippen molar-refractivity contribution < 1.29 is 19.1 Å². The number of carbonyl (C=O) groups excluding carboxylic acids is 2. The zero-order valence-corrected chi connectivity index (χ0v) is 18.9. The number of hydrogen-bond donors (Lipinski definition) is 2. The fourth-order valence-corrected chi connectivity index (χ4v) is 4.09. The highest BCUT2D eigenvalue weighted by molar-refractivity contribution is 5.89. The molecule has 3 aromatic rings. The first-order valence-electron chi connectivity index (χ1n) is 11.3. The van der Waals surface area contributed by atoms with E-state index in [2.05, 4.69) is 27.8 Å². The van der Waals surface area contributed by atoms with Gasteiger partial charge in [0.25, 0.3) is 0 Å². The molecule has 0 saturated carbocycles. The minimum Gasteiger partial charge on any atom is -0.444 e. The smallest absolute Gasteiger partial charge is 0.415 e. The number of cyclic esters (lactones) is 1. The molecule has 1 amide bonds. The van der Waals surface area contributed by atoms with Crippen molar-refractivity contribution >= 4 is 23.6 Å². The number of hydrogen-bond acceptors (Lipinski definition) is 8. The summed E-state index contributed by atoms with van der Waals surface area (Å²) in [5, 5.41) is 15.5. The summed E-state index contributed by atoms with van der Waals surface area (Å²) in [6.45, 7) is 1.80. The highest BCUT2D eigenvalue weighted by Crippen LogP contribution is 2.30. The van der Waals surface area contributed by atoms with Gasteiger partial charge in [-0.15, -0.1) is 0 Å². The van der Waals surface area contributed by atoms with E-state index in [9.17, 15) is 9.59 Å². The second-order valence-electron chi connectivity index (χ2n) is 8.32. The van der Waals surface area contributed by atoms with Crippen LogP contribution in [0.15, 0.2) is 60.7 Å². The van der Waals surface area contributed by atoms with E-state index in [0.717, 1.165) is 16.7 Å². The zero-order chi connectivity index (χ0) is 24.2. The SMILES string of the molecule is N#Cc1cccc(-c2cccc(CNCC[C@@H]3CN(c4ccc5c(n4)OC(=O)CN5)C(=O)O3)c2)c1. The van der Waals surface area contributed by atoms with Gasteiger partial charge in [0.05, 0.1) is 23.9 Å². The van der Waals surface area contributed by atoms with E-state index in [1.807, 2.05) is 36.4 Å². The van der Waals surface area contributed by atoms with E-state index in [-0.39, 0.29) is 18.5 Å². The molecular weight excluding hydrogens is 446 g/mol. The summed E-state index contributed by atoms with van der Waals surface area (Å²) in [6, 6.07) is 21.3. The van der Waals surface area contributed by atoms with Gasteiger partial charge in [-0.3, -0.25) is 4.90 Å². The van der Waals surface area contributed by atoms with Crippen LogP contribution in [0.1, 0.15) is 17.5 Å². The molecule has 1 aromatic heterocycles. The number of aromatic nitrogens is 1. The quantitative estimate of drug-likeness (QED) is 0.399. The molecule has 176 valence electrons. The molecule has 0 unspecified atom stereocenters. The van der Waals surface area contributed by atoms with Gasteiger partial charge in [0, 0.05) is 6.54 Å². The van der Waals surface area contributed by atoms with Crippen molar-refractivity contribution in [2.75, 3.05) is 29.9 Å². The molecule has 9 nitrogen and oxygen atoms in total.